The summed E-state index contributed by atoms with van der Waals surface area (Å²) in [6.45, 7) is 1.84. The van der Waals surface area contributed by atoms with Gasteiger partial charge in [0.25, 0.3) is 6.01 Å². The third-order valence-electron chi connectivity index (χ3n) is 4.64. The van der Waals surface area contributed by atoms with Crippen LogP contribution in [0.3, 0.4) is 0 Å². The lowest BCUT2D eigenvalue weighted by Crippen LogP contribution is -2.67. The van der Waals surface area contributed by atoms with E-state index < -0.39 is 11.2 Å². The first-order chi connectivity index (χ1) is 11.7. The normalized spacial score (nSPS) is 24.2. The van der Waals surface area contributed by atoms with Crippen LogP contribution >= 0.6 is 11.3 Å². The fourth-order valence-electron chi connectivity index (χ4n) is 3.48. The number of piperazine rings is 1. The molecule has 0 spiro atoms. The number of fused-ring (bicyclic) bond motifs is 3. The van der Waals surface area contributed by atoms with Gasteiger partial charge in [-0.25, -0.2) is 4.98 Å². The van der Waals surface area contributed by atoms with Crippen molar-refractivity contribution in [1.82, 2.24) is 15.3 Å². The standard InChI is InChI=1S/C16H16N4O2S2/c1-24(21)11-5-12(15-17-2-3-23-15)14-13(6-11)19-16(22-14)20-7-9-4-10(8-20)18-9/h2-3,5-6,9-10,18H,4,7-8H2,1H3. The Balaban J connectivity index is 1.63. The van der Waals surface area contributed by atoms with E-state index in [9.17, 15) is 4.55 Å². The molecule has 1 aromatic carbocycles. The van der Waals surface area contributed by atoms with Crippen molar-refractivity contribution in [2.45, 2.75) is 23.4 Å². The average Bonchev–Trinajstić information content (AvgIpc) is 3.22. The van der Waals surface area contributed by atoms with Gasteiger partial charge in [0.1, 0.15) is 16.8 Å². The summed E-state index contributed by atoms with van der Waals surface area (Å²) in [5.74, 6) is 0. The number of nitrogens with one attached hydrogen (secondary N) is 1. The molecule has 6 rings (SSSR count). The first kappa shape index (κ1) is 14.7. The topological polar surface area (TPSA) is 77.2 Å². The largest absolute Gasteiger partial charge is 0.612 e. The average molecular weight is 360 g/mol. The van der Waals surface area contributed by atoms with Gasteiger partial charge in [-0.15, -0.1) is 11.3 Å². The Hall–Kier alpha value is -1.61. The number of anilines is 1. The molecule has 0 amide bonds. The number of hydrogen-bond donors (Lipinski definition) is 1. The maximum atomic E-state index is 12.0. The lowest BCUT2D eigenvalue weighted by molar-refractivity contribution is 0.220. The lowest BCUT2D eigenvalue weighted by Gasteiger charge is -2.47. The molecule has 0 radical (unpaired) electrons. The van der Waals surface area contributed by atoms with E-state index in [1.165, 1.54) is 6.42 Å². The Bertz CT molecular complexity index is 877. The Morgan fingerprint density at radius 1 is 1.38 bits per heavy atom. The van der Waals surface area contributed by atoms with E-state index >= 15 is 0 Å². The number of oxazole rings is 1. The maximum absolute atomic E-state index is 12.0. The summed E-state index contributed by atoms with van der Waals surface area (Å²) in [5.41, 5.74) is 2.34. The molecule has 3 aliphatic heterocycles. The van der Waals surface area contributed by atoms with Gasteiger partial charge in [0.2, 0.25) is 0 Å². The highest BCUT2D eigenvalue weighted by molar-refractivity contribution is 7.90. The Morgan fingerprint density at radius 2 is 2.17 bits per heavy atom. The quantitative estimate of drug-likeness (QED) is 0.722. The van der Waals surface area contributed by atoms with Crippen molar-refractivity contribution in [2.24, 2.45) is 0 Å². The van der Waals surface area contributed by atoms with Crippen molar-refractivity contribution < 1.29 is 8.97 Å². The van der Waals surface area contributed by atoms with E-state index in [4.69, 9.17) is 4.42 Å². The van der Waals surface area contributed by atoms with E-state index in [-0.39, 0.29) is 0 Å². The number of aromatic nitrogens is 2. The van der Waals surface area contributed by atoms with Crippen LogP contribution in [-0.4, -0.2) is 45.9 Å². The van der Waals surface area contributed by atoms with Crippen LogP contribution in [0.1, 0.15) is 6.42 Å². The van der Waals surface area contributed by atoms with Gasteiger partial charge in [-0.1, -0.05) is 0 Å². The van der Waals surface area contributed by atoms with Crippen LogP contribution in [0.15, 0.2) is 33.0 Å². The fraction of sp³-hybridized carbons (Fsp3) is 0.375. The second kappa shape index (κ2) is 5.45. The van der Waals surface area contributed by atoms with E-state index in [1.807, 2.05) is 17.5 Å². The molecule has 24 heavy (non-hydrogen) atoms. The minimum Gasteiger partial charge on any atom is -0.612 e. The molecular formula is C16H16N4O2S2. The second-order valence-corrected chi connectivity index (χ2v) is 8.58. The molecule has 6 nitrogen and oxygen atoms in total. The van der Waals surface area contributed by atoms with Crippen LogP contribution < -0.4 is 10.2 Å². The molecule has 3 saturated heterocycles. The zero-order valence-corrected chi connectivity index (χ0v) is 14.7. The van der Waals surface area contributed by atoms with Crippen LogP contribution in [0.2, 0.25) is 0 Å². The molecule has 0 aliphatic carbocycles. The summed E-state index contributed by atoms with van der Waals surface area (Å²) in [5, 5.41) is 6.30. The number of hydrogen-bond acceptors (Lipinski definition) is 7. The maximum Gasteiger partial charge on any atom is 0.298 e. The van der Waals surface area contributed by atoms with E-state index in [0.717, 1.165) is 39.7 Å². The summed E-state index contributed by atoms with van der Waals surface area (Å²) < 4.78 is 18.1. The highest BCUT2D eigenvalue weighted by Gasteiger charge is 2.38. The highest BCUT2D eigenvalue weighted by Crippen LogP contribution is 2.36. The van der Waals surface area contributed by atoms with Gasteiger partial charge in [-0.2, -0.15) is 4.98 Å². The predicted molar refractivity (Wildman–Crippen MR) is 95.0 cm³/mol. The molecule has 3 fully saturated rings. The van der Waals surface area contributed by atoms with Gasteiger partial charge in [-0.05, 0) is 17.6 Å². The molecule has 3 aromatic rings. The number of piperidine rings is 1. The molecule has 0 saturated carbocycles. The molecule has 5 heterocycles. The minimum absolute atomic E-state index is 0.538. The molecular weight excluding hydrogens is 344 g/mol. The van der Waals surface area contributed by atoms with Crippen molar-refractivity contribution in [2.75, 3.05) is 24.2 Å². The van der Waals surface area contributed by atoms with Gasteiger partial charge in [0, 0.05) is 48.9 Å². The SMILES string of the molecule is C[S+]([O-])c1cc(-c2nccs2)c2oc(N3CC4CC(C3)N4)nc2c1. The lowest BCUT2D eigenvalue weighted by atomic mass is 9.92. The van der Waals surface area contributed by atoms with Crippen LogP contribution in [0.5, 0.6) is 0 Å². The first-order valence-corrected chi connectivity index (χ1v) is 10.3. The van der Waals surface area contributed by atoms with E-state index in [1.54, 1.807) is 23.8 Å². The number of rotatable bonds is 3. The Morgan fingerprint density at radius 3 is 2.83 bits per heavy atom. The monoisotopic (exact) mass is 360 g/mol. The highest BCUT2D eigenvalue weighted by atomic mass is 32.2. The molecule has 8 heteroatoms. The third-order valence-corrected chi connectivity index (χ3v) is 6.35. The first-order valence-electron chi connectivity index (χ1n) is 7.86. The summed E-state index contributed by atoms with van der Waals surface area (Å²) in [7, 11) is 0. The number of benzene rings is 1. The summed E-state index contributed by atoms with van der Waals surface area (Å²) in [6, 6.07) is 5.49. The molecule has 124 valence electrons. The summed E-state index contributed by atoms with van der Waals surface area (Å²) >= 11 is 0.463. The molecule has 3 unspecified atom stereocenters. The van der Waals surface area contributed by atoms with Gasteiger partial charge in [-0.3, -0.25) is 0 Å². The van der Waals surface area contributed by atoms with Crippen LogP contribution in [-0.2, 0) is 11.2 Å². The number of nitrogens with zero attached hydrogens (tertiary/aromatic N) is 3. The van der Waals surface area contributed by atoms with Crippen molar-refractivity contribution in [1.29, 1.82) is 0 Å². The number of thiazole rings is 1. The van der Waals surface area contributed by atoms with Crippen molar-refractivity contribution in [3.63, 3.8) is 0 Å². The van der Waals surface area contributed by atoms with Crippen LogP contribution in [0.4, 0.5) is 6.01 Å². The van der Waals surface area contributed by atoms with Crippen LogP contribution in [0.25, 0.3) is 21.7 Å². The zero-order chi connectivity index (χ0) is 16.3. The summed E-state index contributed by atoms with van der Waals surface area (Å²) in [6.07, 6.45) is 4.68. The van der Waals surface area contributed by atoms with Gasteiger partial charge in [0.15, 0.2) is 10.5 Å². The predicted octanol–water partition coefficient (Wildman–Crippen LogP) is 2.24. The molecule has 3 atom stereocenters. The van der Waals surface area contributed by atoms with E-state index in [2.05, 4.69) is 20.2 Å². The van der Waals surface area contributed by atoms with E-state index in [0.29, 0.717) is 18.1 Å². The molecule has 3 aliphatic rings. The van der Waals surface area contributed by atoms with Crippen molar-refractivity contribution in [3.05, 3.63) is 23.7 Å². The van der Waals surface area contributed by atoms with Crippen molar-refractivity contribution in [3.8, 4) is 10.6 Å². The Kier molecular flexibility index (Phi) is 3.34. The third kappa shape index (κ3) is 2.33. The molecule has 2 aromatic heterocycles. The molecule has 2 bridgehead atoms. The second-order valence-electron chi connectivity index (χ2n) is 6.31. The zero-order valence-electron chi connectivity index (χ0n) is 13.1. The smallest absolute Gasteiger partial charge is 0.298 e. The van der Waals surface area contributed by atoms with Crippen molar-refractivity contribution >= 4 is 39.6 Å². The molecule has 1 N–H and O–H groups in total. The summed E-state index contributed by atoms with van der Waals surface area (Å²) in [4.78, 5) is 12.0. The Labute approximate surface area is 146 Å². The van der Waals surface area contributed by atoms with Gasteiger partial charge < -0.3 is 19.2 Å². The minimum atomic E-state index is -1.08. The fourth-order valence-corrected chi connectivity index (χ4v) is 4.69. The van der Waals surface area contributed by atoms with Gasteiger partial charge in [0.05, 0.1) is 5.56 Å². The van der Waals surface area contributed by atoms with Gasteiger partial charge >= 0.3 is 0 Å². The van der Waals surface area contributed by atoms with Crippen LogP contribution in [0, 0.1) is 0 Å².